The van der Waals surface area contributed by atoms with Gasteiger partial charge in [0.05, 0.1) is 0 Å². The first-order chi connectivity index (χ1) is 8.65. The summed E-state index contributed by atoms with van der Waals surface area (Å²) in [5.41, 5.74) is 6.98. The highest BCUT2D eigenvalue weighted by Crippen LogP contribution is 2.23. The number of hydrogen-bond donors (Lipinski definition) is 1. The molecule has 5 heteroatoms. The number of pyridine rings is 1. The maximum absolute atomic E-state index is 5.89. The van der Waals surface area contributed by atoms with Crippen LogP contribution in [0.5, 0.6) is 0 Å². The standard InChI is InChI=1S/C13H21N3O2/c1-9(14)10-4-5-15-13(6-10)16-7-11(17-2)12(8-16)18-3/h4-6,9,11-12H,7-8,14H2,1-3H3. The summed E-state index contributed by atoms with van der Waals surface area (Å²) in [6.45, 7) is 3.56. The highest BCUT2D eigenvalue weighted by atomic mass is 16.5. The van der Waals surface area contributed by atoms with Crippen LogP contribution < -0.4 is 10.6 Å². The zero-order valence-corrected chi connectivity index (χ0v) is 11.2. The lowest BCUT2D eigenvalue weighted by molar-refractivity contribution is -0.00461. The molecule has 0 bridgehead atoms. The fourth-order valence-electron chi connectivity index (χ4n) is 2.27. The molecule has 3 unspecified atom stereocenters. The number of hydrogen-bond acceptors (Lipinski definition) is 5. The van der Waals surface area contributed by atoms with E-state index in [-0.39, 0.29) is 18.2 Å². The maximum Gasteiger partial charge on any atom is 0.128 e. The number of rotatable bonds is 4. The predicted molar refractivity (Wildman–Crippen MR) is 70.6 cm³/mol. The first-order valence-corrected chi connectivity index (χ1v) is 6.17. The van der Waals surface area contributed by atoms with Crippen molar-refractivity contribution < 1.29 is 9.47 Å². The van der Waals surface area contributed by atoms with Gasteiger partial charge in [-0.3, -0.25) is 0 Å². The monoisotopic (exact) mass is 251 g/mol. The molecule has 3 atom stereocenters. The van der Waals surface area contributed by atoms with Gasteiger partial charge in [0, 0.05) is 39.5 Å². The van der Waals surface area contributed by atoms with Crippen molar-refractivity contribution >= 4 is 5.82 Å². The lowest BCUT2D eigenvalue weighted by Gasteiger charge is -2.18. The molecular weight excluding hydrogens is 230 g/mol. The Bertz CT molecular complexity index is 386. The van der Waals surface area contributed by atoms with Gasteiger partial charge >= 0.3 is 0 Å². The molecule has 1 aromatic heterocycles. The molecule has 100 valence electrons. The van der Waals surface area contributed by atoms with Gasteiger partial charge in [-0.05, 0) is 24.6 Å². The average molecular weight is 251 g/mol. The third-order valence-corrected chi connectivity index (χ3v) is 3.44. The van der Waals surface area contributed by atoms with Crippen LogP contribution in [0.2, 0.25) is 0 Å². The first-order valence-electron chi connectivity index (χ1n) is 6.17. The van der Waals surface area contributed by atoms with Gasteiger partial charge in [-0.15, -0.1) is 0 Å². The lowest BCUT2D eigenvalue weighted by Crippen LogP contribution is -2.27. The Hall–Kier alpha value is -1.17. The van der Waals surface area contributed by atoms with E-state index in [1.165, 1.54) is 0 Å². The molecule has 2 heterocycles. The highest BCUT2D eigenvalue weighted by molar-refractivity contribution is 5.43. The Labute approximate surface area is 108 Å². The second-order valence-electron chi connectivity index (χ2n) is 4.69. The summed E-state index contributed by atoms with van der Waals surface area (Å²) in [6.07, 6.45) is 1.99. The summed E-state index contributed by atoms with van der Waals surface area (Å²) in [7, 11) is 3.43. The molecule has 1 fully saturated rings. The SMILES string of the molecule is COC1CN(c2cc(C(C)N)ccn2)CC1OC. The Morgan fingerprint density at radius 1 is 1.33 bits per heavy atom. The van der Waals surface area contributed by atoms with Gasteiger partial charge in [0.15, 0.2) is 0 Å². The smallest absolute Gasteiger partial charge is 0.128 e. The molecule has 2 N–H and O–H groups in total. The normalized spacial score (nSPS) is 25.4. The number of anilines is 1. The van der Waals surface area contributed by atoms with E-state index in [0.29, 0.717) is 0 Å². The van der Waals surface area contributed by atoms with Crippen LogP contribution in [0.15, 0.2) is 18.3 Å². The fourth-order valence-corrected chi connectivity index (χ4v) is 2.27. The van der Waals surface area contributed by atoms with E-state index in [1.54, 1.807) is 20.4 Å². The zero-order valence-electron chi connectivity index (χ0n) is 11.2. The van der Waals surface area contributed by atoms with Crippen LogP contribution in [-0.4, -0.2) is 44.5 Å². The molecule has 0 radical (unpaired) electrons. The van der Waals surface area contributed by atoms with Crippen molar-refractivity contribution in [1.82, 2.24) is 4.98 Å². The molecule has 0 spiro atoms. The lowest BCUT2D eigenvalue weighted by atomic mass is 10.1. The predicted octanol–water partition coefficient (Wildman–Crippen LogP) is 0.951. The average Bonchev–Trinajstić information content (AvgIpc) is 2.82. The van der Waals surface area contributed by atoms with E-state index in [4.69, 9.17) is 15.2 Å². The topological polar surface area (TPSA) is 60.6 Å². The molecule has 2 rings (SSSR count). The van der Waals surface area contributed by atoms with Crippen molar-refractivity contribution in [1.29, 1.82) is 0 Å². The van der Waals surface area contributed by atoms with E-state index in [1.807, 2.05) is 19.1 Å². The second-order valence-corrected chi connectivity index (χ2v) is 4.69. The quantitative estimate of drug-likeness (QED) is 0.863. The third kappa shape index (κ3) is 2.63. The Balaban J connectivity index is 2.15. The van der Waals surface area contributed by atoms with Crippen LogP contribution in [0.3, 0.4) is 0 Å². The van der Waals surface area contributed by atoms with E-state index < -0.39 is 0 Å². The minimum Gasteiger partial charge on any atom is -0.377 e. The largest absolute Gasteiger partial charge is 0.377 e. The number of aromatic nitrogens is 1. The van der Waals surface area contributed by atoms with Crippen molar-refractivity contribution in [3.63, 3.8) is 0 Å². The molecule has 0 aromatic carbocycles. The summed E-state index contributed by atoms with van der Waals surface area (Å²) < 4.78 is 10.8. The fraction of sp³-hybridized carbons (Fsp3) is 0.615. The summed E-state index contributed by atoms with van der Waals surface area (Å²) in [6, 6.07) is 4.01. The second kappa shape index (κ2) is 5.65. The summed E-state index contributed by atoms with van der Waals surface area (Å²) in [4.78, 5) is 6.58. The molecular formula is C13H21N3O2. The van der Waals surface area contributed by atoms with Crippen molar-refractivity contribution in [3.05, 3.63) is 23.9 Å². The van der Waals surface area contributed by atoms with Gasteiger partial charge < -0.3 is 20.1 Å². The van der Waals surface area contributed by atoms with Gasteiger partial charge in [-0.1, -0.05) is 0 Å². The summed E-state index contributed by atoms with van der Waals surface area (Å²) in [5, 5.41) is 0. The van der Waals surface area contributed by atoms with E-state index >= 15 is 0 Å². The zero-order chi connectivity index (χ0) is 13.1. The Morgan fingerprint density at radius 3 is 2.44 bits per heavy atom. The molecule has 0 amide bonds. The number of nitrogens with two attached hydrogens (primary N) is 1. The Kier molecular flexibility index (Phi) is 4.16. The maximum atomic E-state index is 5.89. The van der Waals surface area contributed by atoms with E-state index in [2.05, 4.69) is 9.88 Å². The van der Waals surface area contributed by atoms with Gasteiger partial charge in [-0.25, -0.2) is 4.98 Å². The minimum atomic E-state index is 0.0193. The van der Waals surface area contributed by atoms with E-state index in [0.717, 1.165) is 24.5 Å². The highest BCUT2D eigenvalue weighted by Gasteiger charge is 2.33. The molecule has 1 aliphatic heterocycles. The van der Waals surface area contributed by atoms with Gasteiger partial charge in [0.2, 0.25) is 0 Å². The van der Waals surface area contributed by atoms with Crippen molar-refractivity contribution in [2.45, 2.75) is 25.2 Å². The molecule has 0 aliphatic carbocycles. The number of ether oxygens (including phenoxy) is 2. The van der Waals surface area contributed by atoms with Crippen LogP contribution in [0.1, 0.15) is 18.5 Å². The van der Waals surface area contributed by atoms with Crippen LogP contribution in [0.4, 0.5) is 5.82 Å². The van der Waals surface area contributed by atoms with Crippen molar-refractivity contribution in [2.75, 3.05) is 32.2 Å². The molecule has 18 heavy (non-hydrogen) atoms. The van der Waals surface area contributed by atoms with Gasteiger partial charge in [-0.2, -0.15) is 0 Å². The minimum absolute atomic E-state index is 0.0193. The molecule has 5 nitrogen and oxygen atoms in total. The molecule has 1 aromatic rings. The van der Waals surface area contributed by atoms with Crippen LogP contribution >= 0.6 is 0 Å². The molecule has 1 saturated heterocycles. The van der Waals surface area contributed by atoms with Crippen LogP contribution in [0, 0.1) is 0 Å². The number of methoxy groups -OCH3 is 2. The molecule has 0 saturated carbocycles. The van der Waals surface area contributed by atoms with Crippen LogP contribution in [-0.2, 0) is 9.47 Å². The molecule has 1 aliphatic rings. The third-order valence-electron chi connectivity index (χ3n) is 3.44. The van der Waals surface area contributed by atoms with E-state index in [9.17, 15) is 0 Å². The van der Waals surface area contributed by atoms with Crippen molar-refractivity contribution in [2.24, 2.45) is 5.73 Å². The van der Waals surface area contributed by atoms with Crippen LogP contribution in [0.25, 0.3) is 0 Å². The van der Waals surface area contributed by atoms with Crippen molar-refractivity contribution in [3.8, 4) is 0 Å². The Morgan fingerprint density at radius 2 is 1.94 bits per heavy atom. The summed E-state index contributed by atoms with van der Waals surface area (Å²) in [5.74, 6) is 0.936. The van der Waals surface area contributed by atoms with Gasteiger partial charge in [0.25, 0.3) is 0 Å². The number of nitrogens with zero attached hydrogens (tertiary/aromatic N) is 2. The van der Waals surface area contributed by atoms with Gasteiger partial charge in [0.1, 0.15) is 18.0 Å². The summed E-state index contributed by atoms with van der Waals surface area (Å²) >= 11 is 0. The first kappa shape index (κ1) is 13.3.